The van der Waals surface area contributed by atoms with Crippen LogP contribution in [0.5, 0.6) is 0 Å². The molecule has 2 aromatic carbocycles. The van der Waals surface area contributed by atoms with Gasteiger partial charge in [0, 0.05) is 18.3 Å². The maximum atomic E-state index is 13.0. The summed E-state index contributed by atoms with van der Waals surface area (Å²) < 4.78 is 39.0. The Labute approximate surface area is 186 Å². The molecule has 0 unspecified atom stereocenters. The summed E-state index contributed by atoms with van der Waals surface area (Å²) >= 11 is 0. The highest BCUT2D eigenvalue weighted by molar-refractivity contribution is 6.11. The second kappa shape index (κ2) is 9.39. The zero-order valence-electron chi connectivity index (χ0n) is 18.2. The number of nitrogens with zero attached hydrogens (tertiary/aromatic N) is 2. The van der Waals surface area contributed by atoms with Gasteiger partial charge in [0.25, 0.3) is 0 Å². The normalized spacial score (nSPS) is 21.6. The van der Waals surface area contributed by atoms with E-state index in [-0.39, 0.29) is 17.6 Å². The summed E-state index contributed by atoms with van der Waals surface area (Å²) in [5.41, 5.74) is 3.71. The molecule has 0 N–H and O–H groups in total. The molecule has 0 bridgehead atoms. The fraction of sp³-hybridized carbons (Fsp3) is 0.423. The van der Waals surface area contributed by atoms with E-state index in [1.807, 2.05) is 24.3 Å². The Hall–Kier alpha value is -2.76. The maximum Gasteiger partial charge on any atom is 0.416 e. The van der Waals surface area contributed by atoms with Gasteiger partial charge in [0.15, 0.2) is 0 Å². The van der Waals surface area contributed by atoms with Crippen molar-refractivity contribution in [3.8, 4) is 0 Å². The van der Waals surface area contributed by atoms with Crippen molar-refractivity contribution in [2.75, 3.05) is 0 Å². The molecule has 1 fully saturated rings. The molecular weight excluding hydrogens is 413 g/mol. The Morgan fingerprint density at radius 3 is 2.03 bits per heavy atom. The van der Waals surface area contributed by atoms with Crippen LogP contribution in [0, 0.1) is 11.8 Å². The molecule has 6 heteroatoms. The minimum atomic E-state index is -4.36. The number of fused-ring (bicyclic) bond motifs is 1. The predicted octanol–water partition coefficient (Wildman–Crippen LogP) is 6.63. The van der Waals surface area contributed by atoms with Crippen molar-refractivity contribution in [1.82, 2.24) is 0 Å². The first-order chi connectivity index (χ1) is 15.3. The molecule has 0 amide bonds. The van der Waals surface area contributed by atoms with Crippen molar-refractivity contribution >= 4 is 17.2 Å². The molecule has 3 nitrogen and oxygen atoms in total. The van der Waals surface area contributed by atoms with Crippen LogP contribution in [-0.2, 0) is 17.4 Å². The number of benzene rings is 2. The second-order valence-electron chi connectivity index (χ2n) is 8.83. The molecule has 2 aliphatic rings. The van der Waals surface area contributed by atoms with Crippen LogP contribution in [0.3, 0.4) is 0 Å². The van der Waals surface area contributed by atoms with Crippen LogP contribution >= 0.6 is 0 Å². The predicted molar refractivity (Wildman–Crippen MR) is 120 cm³/mol. The van der Waals surface area contributed by atoms with Gasteiger partial charge in [-0.25, -0.2) is 0 Å². The summed E-state index contributed by atoms with van der Waals surface area (Å²) in [5, 5.41) is 9.16. The summed E-state index contributed by atoms with van der Waals surface area (Å²) in [5.74, 6) is 0.396. The van der Waals surface area contributed by atoms with E-state index in [1.165, 1.54) is 18.6 Å². The van der Waals surface area contributed by atoms with E-state index in [0.717, 1.165) is 66.8 Å². The molecule has 4 rings (SSSR count). The van der Waals surface area contributed by atoms with Crippen molar-refractivity contribution in [1.29, 1.82) is 0 Å². The molecule has 32 heavy (non-hydrogen) atoms. The topological polar surface area (TPSA) is 41.8 Å². The van der Waals surface area contributed by atoms with E-state index >= 15 is 0 Å². The second-order valence-corrected chi connectivity index (χ2v) is 8.83. The average molecular weight is 441 g/mol. The van der Waals surface area contributed by atoms with Gasteiger partial charge in [-0.1, -0.05) is 56.0 Å². The minimum Gasteiger partial charge on any atom is -0.300 e. The number of alkyl halides is 3. The van der Waals surface area contributed by atoms with Crippen LogP contribution in [-0.4, -0.2) is 17.2 Å². The quantitative estimate of drug-likeness (QED) is 0.526. The van der Waals surface area contributed by atoms with Crippen molar-refractivity contribution < 1.29 is 18.0 Å². The number of Topliss-reactive ketones (excluding diaryl/α,β-unsaturated/α-hetero) is 1. The first-order valence-corrected chi connectivity index (χ1v) is 11.2. The Morgan fingerprint density at radius 2 is 1.47 bits per heavy atom. The number of ketones is 1. The van der Waals surface area contributed by atoms with Crippen molar-refractivity contribution in [2.24, 2.45) is 22.0 Å². The van der Waals surface area contributed by atoms with E-state index in [4.69, 9.17) is 0 Å². The molecule has 1 aliphatic carbocycles. The number of rotatable bonds is 4. The lowest BCUT2D eigenvalue weighted by Gasteiger charge is -2.33. The molecule has 0 spiro atoms. The number of hydrogen-bond donors (Lipinski definition) is 0. The third-order valence-corrected chi connectivity index (χ3v) is 6.42. The minimum absolute atomic E-state index is 0.110. The monoisotopic (exact) mass is 440 g/mol. The van der Waals surface area contributed by atoms with E-state index in [2.05, 4.69) is 10.2 Å². The lowest BCUT2D eigenvalue weighted by atomic mass is 9.73. The van der Waals surface area contributed by atoms with E-state index < -0.39 is 11.7 Å². The first kappa shape index (κ1) is 22.4. The zero-order chi connectivity index (χ0) is 22.7. The lowest BCUT2D eigenvalue weighted by Crippen LogP contribution is -2.35. The fourth-order valence-electron chi connectivity index (χ4n) is 4.90. The average Bonchev–Trinajstić information content (AvgIpc) is 2.73. The van der Waals surface area contributed by atoms with E-state index in [9.17, 15) is 18.0 Å². The third-order valence-electron chi connectivity index (χ3n) is 6.42. The van der Waals surface area contributed by atoms with E-state index in [1.54, 1.807) is 6.92 Å². The van der Waals surface area contributed by atoms with Gasteiger partial charge >= 0.3 is 6.18 Å². The standard InChI is InChI=1S/C26H27F3N2O/c1-17(32)15-18-7-6-8-20(16-18)25-23-10-5-3-2-4-9-22(23)24(30-31-25)19-11-13-21(14-12-19)26(27,28)29/h6-8,11-14,16,22-23H,2-5,9-10,15H2,1H3/t22-,23-/m1/s1. The molecule has 0 radical (unpaired) electrons. The molecule has 1 heterocycles. The number of halogens is 3. The summed E-state index contributed by atoms with van der Waals surface area (Å²) in [7, 11) is 0. The highest BCUT2D eigenvalue weighted by Gasteiger charge is 2.36. The van der Waals surface area contributed by atoms with Gasteiger partial charge in [0.1, 0.15) is 5.78 Å². The molecule has 1 aliphatic heterocycles. The van der Waals surface area contributed by atoms with Crippen molar-refractivity contribution in [3.63, 3.8) is 0 Å². The molecule has 0 aromatic heterocycles. The smallest absolute Gasteiger partial charge is 0.300 e. The van der Waals surface area contributed by atoms with Crippen LogP contribution in [0.15, 0.2) is 58.7 Å². The SMILES string of the molecule is CC(=O)Cc1cccc(C2=NN=C(c3ccc(C(F)(F)F)cc3)[C@@H]3CCCCCC[C@@H]23)c1. The van der Waals surface area contributed by atoms with Crippen LogP contribution in [0.1, 0.15) is 67.7 Å². The molecule has 0 saturated heterocycles. The summed E-state index contributed by atoms with van der Waals surface area (Å²) in [4.78, 5) is 11.6. The summed E-state index contributed by atoms with van der Waals surface area (Å²) in [6, 6.07) is 13.2. The van der Waals surface area contributed by atoms with Crippen LogP contribution in [0.4, 0.5) is 13.2 Å². The van der Waals surface area contributed by atoms with Crippen molar-refractivity contribution in [2.45, 2.75) is 58.0 Å². The van der Waals surface area contributed by atoms with E-state index in [0.29, 0.717) is 12.0 Å². The third kappa shape index (κ3) is 5.00. The first-order valence-electron chi connectivity index (χ1n) is 11.2. The summed E-state index contributed by atoms with van der Waals surface area (Å²) in [6.07, 6.45) is 2.43. The molecule has 1 saturated carbocycles. The van der Waals surface area contributed by atoms with Gasteiger partial charge in [0.05, 0.1) is 17.0 Å². The zero-order valence-corrected chi connectivity index (χ0v) is 18.2. The number of carbonyl (C=O) groups excluding carboxylic acids is 1. The molecule has 168 valence electrons. The van der Waals surface area contributed by atoms with Gasteiger partial charge in [-0.15, -0.1) is 0 Å². The maximum absolute atomic E-state index is 13.0. The molecule has 2 aromatic rings. The lowest BCUT2D eigenvalue weighted by molar-refractivity contribution is -0.137. The van der Waals surface area contributed by atoms with Crippen LogP contribution < -0.4 is 0 Å². The number of carbonyl (C=O) groups is 1. The fourth-order valence-corrected chi connectivity index (χ4v) is 4.90. The highest BCUT2D eigenvalue weighted by atomic mass is 19.4. The van der Waals surface area contributed by atoms with Gasteiger partial charge in [-0.05, 0) is 54.7 Å². The largest absolute Gasteiger partial charge is 0.416 e. The Kier molecular flexibility index (Phi) is 6.58. The van der Waals surface area contributed by atoms with Gasteiger partial charge in [-0.2, -0.15) is 23.4 Å². The van der Waals surface area contributed by atoms with Crippen LogP contribution in [0.25, 0.3) is 0 Å². The van der Waals surface area contributed by atoms with Crippen molar-refractivity contribution in [3.05, 3.63) is 70.8 Å². The van der Waals surface area contributed by atoms with Crippen LogP contribution in [0.2, 0.25) is 0 Å². The summed E-state index contributed by atoms with van der Waals surface area (Å²) in [6.45, 7) is 1.58. The molecular formula is C26H27F3N2O. The molecule has 2 atom stereocenters. The Morgan fingerprint density at radius 1 is 0.875 bits per heavy atom. The van der Waals surface area contributed by atoms with Gasteiger partial charge in [-0.3, -0.25) is 4.79 Å². The Balaban J connectivity index is 1.73. The van der Waals surface area contributed by atoms with Gasteiger partial charge < -0.3 is 0 Å². The van der Waals surface area contributed by atoms with Gasteiger partial charge in [0.2, 0.25) is 0 Å². The number of hydrogen-bond acceptors (Lipinski definition) is 3. The Bertz CT molecular complexity index is 1040. The highest BCUT2D eigenvalue weighted by Crippen LogP contribution is 2.37.